The van der Waals surface area contributed by atoms with Crippen LogP contribution in [0.25, 0.3) is 10.1 Å². The molecule has 0 aliphatic heterocycles. The van der Waals surface area contributed by atoms with Crippen molar-refractivity contribution in [1.82, 2.24) is 4.98 Å². The summed E-state index contributed by atoms with van der Waals surface area (Å²) in [5, 5.41) is 4.09. The first-order valence-electron chi connectivity index (χ1n) is 4.97. The molecule has 0 amide bonds. The maximum Gasteiger partial charge on any atom is 0.180 e. The molecule has 3 rings (SSSR count). The van der Waals surface area contributed by atoms with E-state index in [1.54, 1.807) is 22.7 Å². The highest BCUT2D eigenvalue weighted by atomic mass is 32.1. The monoisotopic (exact) mass is 246 g/mol. The molecule has 0 radical (unpaired) electrons. The van der Waals surface area contributed by atoms with Crippen LogP contribution in [0.2, 0.25) is 0 Å². The molecule has 0 atom stereocenters. The van der Waals surface area contributed by atoms with E-state index >= 15 is 0 Å². The fourth-order valence-corrected chi connectivity index (χ4v) is 3.22. The van der Waals surface area contributed by atoms with E-state index < -0.39 is 0 Å². The maximum atomic E-state index is 5.62. The van der Waals surface area contributed by atoms with Crippen LogP contribution in [0.15, 0.2) is 35.8 Å². The first kappa shape index (κ1) is 9.81. The summed E-state index contributed by atoms with van der Waals surface area (Å²) in [6, 6.07) is 8.75. The van der Waals surface area contributed by atoms with Gasteiger partial charge in [0.25, 0.3) is 0 Å². The van der Waals surface area contributed by atoms with E-state index in [2.05, 4.69) is 34.6 Å². The Kier molecular flexibility index (Phi) is 2.38. The van der Waals surface area contributed by atoms with Crippen molar-refractivity contribution < 1.29 is 0 Å². The van der Waals surface area contributed by atoms with Gasteiger partial charge in [-0.15, -0.1) is 22.7 Å². The van der Waals surface area contributed by atoms with Crippen molar-refractivity contribution in [3.05, 3.63) is 46.3 Å². The van der Waals surface area contributed by atoms with Crippen LogP contribution < -0.4 is 5.73 Å². The Bertz CT molecular complexity index is 625. The fraction of sp³-hybridized carbons (Fsp3) is 0.0833. The lowest BCUT2D eigenvalue weighted by molar-refractivity contribution is 1.23. The lowest BCUT2D eigenvalue weighted by atomic mass is 10.1. The molecular formula is C12H10N2S2. The molecule has 0 aliphatic carbocycles. The lowest BCUT2D eigenvalue weighted by Gasteiger charge is -1.98. The molecule has 2 nitrogen and oxygen atoms in total. The number of nitrogens with two attached hydrogens (primary N) is 1. The van der Waals surface area contributed by atoms with Crippen molar-refractivity contribution >= 4 is 37.9 Å². The summed E-state index contributed by atoms with van der Waals surface area (Å²) in [7, 11) is 0. The lowest BCUT2D eigenvalue weighted by Crippen LogP contribution is -1.83. The summed E-state index contributed by atoms with van der Waals surface area (Å²) in [5.74, 6) is 0. The van der Waals surface area contributed by atoms with Crippen LogP contribution in [0.1, 0.15) is 10.4 Å². The molecular weight excluding hydrogens is 236 g/mol. The highest BCUT2D eigenvalue weighted by molar-refractivity contribution is 7.17. The maximum absolute atomic E-state index is 5.62. The van der Waals surface area contributed by atoms with E-state index in [-0.39, 0.29) is 0 Å². The van der Waals surface area contributed by atoms with E-state index in [0.29, 0.717) is 5.13 Å². The molecule has 2 N–H and O–H groups in total. The van der Waals surface area contributed by atoms with Crippen molar-refractivity contribution in [2.75, 3.05) is 5.73 Å². The number of benzene rings is 1. The SMILES string of the molecule is Nc1ncc(Cc2ccc3sccc3c2)s1. The van der Waals surface area contributed by atoms with Crippen LogP contribution in [0.4, 0.5) is 5.13 Å². The predicted octanol–water partition coefficient (Wildman–Crippen LogP) is 3.53. The Balaban J connectivity index is 1.94. The summed E-state index contributed by atoms with van der Waals surface area (Å²) in [4.78, 5) is 5.28. The molecule has 0 saturated heterocycles. The molecule has 0 fully saturated rings. The van der Waals surface area contributed by atoms with E-state index in [4.69, 9.17) is 5.73 Å². The highest BCUT2D eigenvalue weighted by Gasteiger charge is 2.02. The standard InChI is InChI=1S/C12H10N2S2/c13-12-14-7-10(16-12)6-8-1-2-11-9(5-8)3-4-15-11/h1-5,7H,6H2,(H2,13,14). The summed E-state index contributed by atoms with van der Waals surface area (Å²) >= 11 is 3.34. The van der Waals surface area contributed by atoms with E-state index in [0.717, 1.165) is 6.42 Å². The second-order valence-electron chi connectivity index (χ2n) is 3.63. The van der Waals surface area contributed by atoms with Gasteiger partial charge in [0.15, 0.2) is 5.13 Å². The van der Waals surface area contributed by atoms with Gasteiger partial charge in [-0.3, -0.25) is 0 Å². The Labute approximate surface area is 101 Å². The van der Waals surface area contributed by atoms with Crippen LogP contribution in [0.5, 0.6) is 0 Å². The minimum absolute atomic E-state index is 0.645. The molecule has 0 aliphatic rings. The summed E-state index contributed by atoms with van der Waals surface area (Å²) < 4.78 is 1.34. The second-order valence-corrected chi connectivity index (χ2v) is 5.73. The molecule has 16 heavy (non-hydrogen) atoms. The molecule has 2 aromatic heterocycles. The average molecular weight is 246 g/mol. The third-order valence-electron chi connectivity index (χ3n) is 2.47. The summed E-state index contributed by atoms with van der Waals surface area (Å²) in [6.45, 7) is 0. The third-order valence-corrected chi connectivity index (χ3v) is 4.19. The number of thiophene rings is 1. The van der Waals surface area contributed by atoms with Crippen molar-refractivity contribution in [2.24, 2.45) is 0 Å². The molecule has 0 spiro atoms. The summed E-state index contributed by atoms with van der Waals surface area (Å²) in [6.07, 6.45) is 2.78. The van der Waals surface area contributed by atoms with Gasteiger partial charge in [-0.05, 0) is 34.5 Å². The molecule has 80 valence electrons. The normalized spacial score (nSPS) is 11.0. The predicted molar refractivity (Wildman–Crippen MR) is 71.2 cm³/mol. The number of hydrogen-bond acceptors (Lipinski definition) is 4. The minimum atomic E-state index is 0.645. The van der Waals surface area contributed by atoms with Crippen LogP contribution in [-0.4, -0.2) is 4.98 Å². The van der Waals surface area contributed by atoms with Gasteiger partial charge < -0.3 is 5.73 Å². The third kappa shape index (κ3) is 1.81. The highest BCUT2D eigenvalue weighted by Crippen LogP contribution is 2.24. The van der Waals surface area contributed by atoms with Gasteiger partial charge in [-0.1, -0.05) is 6.07 Å². The van der Waals surface area contributed by atoms with Gasteiger partial charge in [0.05, 0.1) is 0 Å². The molecule has 0 saturated carbocycles. The van der Waals surface area contributed by atoms with Crippen molar-refractivity contribution in [3.8, 4) is 0 Å². The molecule has 0 bridgehead atoms. The fourth-order valence-electron chi connectivity index (χ4n) is 1.73. The number of thiazole rings is 1. The van der Waals surface area contributed by atoms with Gasteiger partial charge in [0.1, 0.15) is 0 Å². The topological polar surface area (TPSA) is 38.9 Å². The van der Waals surface area contributed by atoms with Gasteiger partial charge in [0, 0.05) is 22.2 Å². The number of hydrogen-bond donors (Lipinski definition) is 1. The number of aromatic nitrogens is 1. The van der Waals surface area contributed by atoms with Crippen LogP contribution in [0, 0.1) is 0 Å². The molecule has 0 unspecified atom stereocenters. The number of fused-ring (bicyclic) bond motifs is 1. The van der Waals surface area contributed by atoms with Crippen LogP contribution in [0.3, 0.4) is 0 Å². The number of rotatable bonds is 2. The number of nitrogens with zero attached hydrogens (tertiary/aromatic N) is 1. The zero-order valence-corrected chi connectivity index (χ0v) is 10.1. The summed E-state index contributed by atoms with van der Waals surface area (Å²) in [5.41, 5.74) is 6.93. The van der Waals surface area contributed by atoms with Gasteiger partial charge in [0.2, 0.25) is 0 Å². The van der Waals surface area contributed by atoms with Crippen LogP contribution in [-0.2, 0) is 6.42 Å². The Morgan fingerprint density at radius 1 is 1.25 bits per heavy atom. The van der Waals surface area contributed by atoms with Crippen molar-refractivity contribution in [1.29, 1.82) is 0 Å². The Hall–Kier alpha value is -1.39. The largest absolute Gasteiger partial charge is 0.375 e. The van der Waals surface area contributed by atoms with Crippen molar-refractivity contribution in [3.63, 3.8) is 0 Å². The average Bonchev–Trinajstić information content (AvgIpc) is 2.87. The smallest absolute Gasteiger partial charge is 0.180 e. The van der Waals surface area contributed by atoms with Crippen LogP contribution >= 0.6 is 22.7 Å². The number of anilines is 1. The Morgan fingerprint density at radius 3 is 3.00 bits per heavy atom. The van der Waals surface area contributed by atoms with E-state index in [9.17, 15) is 0 Å². The van der Waals surface area contributed by atoms with Gasteiger partial charge in [-0.2, -0.15) is 0 Å². The van der Waals surface area contributed by atoms with Gasteiger partial charge in [-0.25, -0.2) is 4.98 Å². The zero-order valence-electron chi connectivity index (χ0n) is 8.51. The van der Waals surface area contributed by atoms with Gasteiger partial charge >= 0.3 is 0 Å². The molecule has 2 heterocycles. The molecule has 3 aromatic rings. The van der Waals surface area contributed by atoms with E-state index in [1.165, 1.54) is 20.5 Å². The quantitative estimate of drug-likeness (QED) is 0.751. The second kappa shape index (κ2) is 3.88. The Morgan fingerprint density at radius 2 is 2.19 bits per heavy atom. The number of nitrogen functional groups attached to an aromatic ring is 1. The first-order chi connectivity index (χ1) is 7.81. The molecule has 4 heteroatoms. The minimum Gasteiger partial charge on any atom is -0.375 e. The molecule has 1 aromatic carbocycles. The zero-order chi connectivity index (χ0) is 11.0. The first-order valence-corrected chi connectivity index (χ1v) is 6.67. The van der Waals surface area contributed by atoms with Crippen molar-refractivity contribution in [2.45, 2.75) is 6.42 Å². The van der Waals surface area contributed by atoms with E-state index in [1.807, 2.05) is 6.20 Å².